The lowest BCUT2D eigenvalue weighted by molar-refractivity contribution is 0.194. The number of hydrogen-bond donors (Lipinski definition) is 2. The Bertz CT molecular complexity index is 386. The van der Waals surface area contributed by atoms with Gasteiger partial charge in [0.15, 0.2) is 0 Å². The van der Waals surface area contributed by atoms with Gasteiger partial charge in [0.1, 0.15) is 0 Å². The zero-order chi connectivity index (χ0) is 13.0. The van der Waals surface area contributed by atoms with Crippen molar-refractivity contribution in [2.75, 3.05) is 33.3 Å². The summed E-state index contributed by atoms with van der Waals surface area (Å²) in [6.45, 7) is 2.97. The lowest BCUT2D eigenvalue weighted by Crippen LogP contribution is -2.47. The molecular weight excluding hydrogens is 248 g/mol. The van der Waals surface area contributed by atoms with Gasteiger partial charge in [-0.2, -0.15) is 0 Å². The lowest BCUT2D eigenvalue weighted by atomic mass is 9.88. The molecule has 1 aliphatic heterocycles. The molecule has 1 aromatic carbocycles. The summed E-state index contributed by atoms with van der Waals surface area (Å²) in [5.41, 5.74) is 1.31. The average molecular weight is 269 g/mol. The van der Waals surface area contributed by atoms with Crippen molar-refractivity contribution in [1.29, 1.82) is 0 Å². The Kier molecular flexibility index (Phi) is 5.01. The Morgan fingerprint density at radius 3 is 3.00 bits per heavy atom. The molecule has 3 nitrogen and oxygen atoms in total. The van der Waals surface area contributed by atoms with E-state index in [2.05, 4.69) is 29.4 Å². The minimum absolute atomic E-state index is 0.196. The number of aliphatic hydroxyl groups is 1. The van der Waals surface area contributed by atoms with E-state index in [9.17, 15) is 0 Å². The van der Waals surface area contributed by atoms with Crippen LogP contribution in [0.1, 0.15) is 17.9 Å². The van der Waals surface area contributed by atoms with E-state index < -0.39 is 0 Å². The number of halogens is 1. The molecule has 100 valence electrons. The van der Waals surface area contributed by atoms with Gasteiger partial charge in [-0.1, -0.05) is 23.7 Å². The minimum Gasteiger partial charge on any atom is -0.395 e. The number of piperidine rings is 1. The maximum Gasteiger partial charge on any atom is 0.0556 e. The van der Waals surface area contributed by atoms with Crippen LogP contribution < -0.4 is 5.32 Å². The molecule has 1 saturated heterocycles. The zero-order valence-electron chi connectivity index (χ0n) is 10.8. The average Bonchev–Trinajstić information content (AvgIpc) is 2.36. The Balaban J connectivity index is 2.03. The van der Waals surface area contributed by atoms with Crippen molar-refractivity contribution in [2.45, 2.75) is 18.4 Å². The Morgan fingerprint density at radius 1 is 1.44 bits per heavy atom. The van der Waals surface area contributed by atoms with E-state index in [-0.39, 0.29) is 6.61 Å². The smallest absolute Gasteiger partial charge is 0.0556 e. The van der Waals surface area contributed by atoms with Gasteiger partial charge < -0.3 is 15.3 Å². The van der Waals surface area contributed by atoms with E-state index in [1.165, 1.54) is 5.56 Å². The summed E-state index contributed by atoms with van der Waals surface area (Å²) in [6.07, 6.45) is 1.10. The van der Waals surface area contributed by atoms with E-state index in [0.29, 0.717) is 18.5 Å². The SMILES string of the molecule is CN1CC(NCCO)CC(c2cccc(Cl)c2)C1. The summed E-state index contributed by atoms with van der Waals surface area (Å²) >= 11 is 6.06. The quantitative estimate of drug-likeness (QED) is 0.873. The standard InChI is InChI=1S/C14H21ClN2O/c1-17-9-12(8-14(10-17)16-5-6-18)11-3-2-4-13(15)7-11/h2-4,7,12,14,16,18H,5-6,8-10H2,1H3. The second-order valence-electron chi connectivity index (χ2n) is 5.08. The molecule has 0 spiro atoms. The normalized spacial score (nSPS) is 25.3. The summed E-state index contributed by atoms with van der Waals surface area (Å²) in [5.74, 6) is 0.513. The van der Waals surface area contributed by atoms with E-state index >= 15 is 0 Å². The number of nitrogens with zero attached hydrogens (tertiary/aromatic N) is 1. The van der Waals surface area contributed by atoms with Crippen molar-refractivity contribution >= 4 is 11.6 Å². The molecule has 18 heavy (non-hydrogen) atoms. The van der Waals surface area contributed by atoms with Gasteiger partial charge in [-0.25, -0.2) is 0 Å². The molecule has 0 aliphatic carbocycles. The topological polar surface area (TPSA) is 35.5 Å². The molecule has 0 radical (unpaired) electrons. The highest BCUT2D eigenvalue weighted by Gasteiger charge is 2.25. The maximum absolute atomic E-state index is 8.89. The highest BCUT2D eigenvalue weighted by Crippen LogP contribution is 2.28. The molecule has 1 fully saturated rings. The molecule has 0 bridgehead atoms. The van der Waals surface area contributed by atoms with Gasteiger partial charge in [0.05, 0.1) is 6.61 Å². The van der Waals surface area contributed by atoms with E-state index in [1.807, 2.05) is 12.1 Å². The molecule has 2 rings (SSSR count). The number of aliphatic hydroxyl groups excluding tert-OH is 1. The molecule has 2 N–H and O–H groups in total. The molecule has 0 amide bonds. The van der Waals surface area contributed by atoms with Gasteiger partial charge in [-0.3, -0.25) is 0 Å². The highest BCUT2D eigenvalue weighted by molar-refractivity contribution is 6.30. The first kappa shape index (κ1) is 13.8. The van der Waals surface area contributed by atoms with Gasteiger partial charge >= 0.3 is 0 Å². The molecule has 1 aromatic rings. The Labute approximate surface area is 114 Å². The fourth-order valence-electron chi connectivity index (χ4n) is 2.74. The number of benzene rings is 1. The van der Waals surface area contributed by atoms with Gasteiger partial charge in [0.2, 0.25) is 0 Å². The summed E-state index contributed by atoms with van der Waals surface area (Å²) in [4.78, 5) is 2.34. The predicted molar refractivity (Wildman–Crippen MR) is 75.2 cm³/mol. The highest BCUT2D eigenvalue weighted by atomic mass is 35.5. The molecule has 2 unspecified atom stereocenters. The lowest BCUT2D eigenvalue weighted by Gasteiger charge is -2.36. The summed E-state index contributed by atoms with van der Waals surface area (Å²) in [7, 11) is 2.14. The first-order chi connectivity index (χ1) is 8.69. The van der Waals surface area contributed by atoms with Gasteiger partial charge in [0.25, 0.3) is 0 Å². The summed E-state index contributed by atoms with van der Waals surface area (Å²) < 4.78 is 0. The first-order valence-electron chi connectivity index (χ1n) is 6.47. The largest absolute Gasteiger partial charge is 0.395 e. The van der Waals surface area contributed by atoms with Crippen LogP contribution in [0.4, 0.5) is 0 Å². The number of likely N-dealkylation sites (tertiary alicyclic amines) is 1. The third-order valence-electron chi connectivity index (χ3n) is 3.50. The van der Waals surface area contributed by atoms with Crippen LogP contribution in [0.5, 0.6) is 0 Å². The Morgan fingerprint density at radius 2 is 2.28 bits per heavy atom. The van der Waals surface area contributed by atoms with E-state index in [4.69, 9.17) is 16.7 Å². The molecule has 1 aliphatic rings. The predicted octanol–water partition coefficient (Wildman–Crippen LogP) is 1.71. The molecule has 1 heterocycles. The fourth-order valence-corrected chi connectivity index (χ4v) is 2.94. The van der Waals surface area contributed by atoms with Crippen LogP contribution in [0.3, 0.4) is 0 Å². The van der Waals surface area contributed by atoms with Gasteiger partial charge in [0, 0.05) is 30.7 Å². The fraction of sp³-hybridized carbons (Fsp3) is 0.571. The van der Waals surface area contributed by atoms with Gasteiger partial charge in [-0.05, 0) is 37.1 Å². The van der Waals surface area contributed by atoms with Crippen molar-refractivity contribution in [3.8, 4) is 0 Å². The van der Waals surface area contributed by atoms with Crippen molar-refractivity contribution in [3.05, 3.63) is 34.9 Å². The zero-order valence-corrected chi connectivity index (χ0v) is 11.5. The van der Waals surface area contributed by atoms with Crippen LogP contribution in [-0.4, -0.2) is 49.3 Å². The Hall–Kier alpha value is -0.610. The van der Waals surface area contributed by atoms with Crippen LogP contribution in [0.15, 0.2) is 24.3 Å². The van der Waals surface area contributed by atoms with Crippen LogP contribution >= 0.6 is 11.6 Å². The van der Waals surface area contributed by atoms with Crippen molar-refractivity contribution in [1.82, 2.24) is 10.2 Å². The first-order valence-corrected chi connectivity index (χ1v) is 6.85. The molecular formula is C14H21ClN2O. The molecule has 2 atom stereocenters. The molecule has 0 saturated carbocycles. The second-order valence-corrected chi connectivity index (χ2v) is 5.52. The van der Waals surface area contributed by atoms with Crippen LogP contribution in [0.2, 0.25) is 5.02 Å². The second kappa shape index (κ2) is 6.53. The summed E-state index contributed by atoms with van der Waals surface area (Å²) in [6, 6.07) is 8.59. The maximum atomic E-state index is 8.89. The number of likely N-dealkylation sites (N-methyl/N-ethyl adjacent to an activating group) is 1. The van der Waals surface area contributed by atoms with Crippen molar-refractivity contribution in [2.24, 2.45) is 0 Å². The number of nitrogens with one attached hydrogen (secondary N) is 1. The van der Waals surface area contributed by atoms with Crippen LogP contribution in [0, 0.1) is 0 Å². The van der Waals surface area contributed by atoms with E-state index in [1.54, 1.807) is 0 Å². The van der Waals surface area contributed by atoms with Crippen molar-refractivity contribution in [3.63, 3.8) is 0 Å². The summed E-state index contributed by atoms with van der Waals surface area (Å²) in [5, 5.41) is 13.1. The third kappa shape index (κ3) is 3.69. The molecule has 0 aromatic heterocycles. The van der Waals surface area contributed by atoms with E-state index in [0.717, 1.165) is 24.5 Å². The minimum atomic E-state index is 0.196. The van der Waals surface area contributed by atoms with Crippen LogP contribution in [-0.2, 0) is 0 Å². The molecule has 4 heteroatoms. The van der Waals surface area contributed by atoms with Crippen molar-refractivity contribution < 1.29 is 5.11 Å². The third-order valence-corrected chi connectivity index (χ3v) is 3.73. The number of rotatable bonds is 4. The van der Waals surface area contributed by atoms with Gasteiger partial charge in [-0.15, -0.1) is 0 Å². The number of hydrogen-bond acceptors (Lipinski definition) is 3. The van der Waals surface area contributed by atoms with Crippen LogP contribution in [0.25, 0.3) is 0 Å². The monoisotopic (exact) mass is 268 g/mol.